The summed E-state index contributed by atoms with van der Waals surface area (Å²) in [4.78, 5) is 37.1. The van der Waals surface area contributed by atoms with Crippen molar-refractivity contribution in [3.8, 4) is 0 Å². The Labute approximate surface area is 157 Å². The summed E-state index contributed by atoms with van der Waals surface area (Å²) in [5.41, 5.74) is 0.507. The van der Waals surface area contributed by atoms with Gasteiger partial charge >= 0.3 is 0 Å². The number of aromatic nitrogens is 2. The van der Waals surface area contributed by atoms with Gasteiger partial charge in [0, 0.05) is 24.7 Å². The Morgan fingerprint density at radius 2 is 1.85 bits per heavy atom. The SMILES string of the molecule is O=C(Cc1cc(=O)[nH][nH]c1=O)N1CCC(C(O)CCc2ccccc2)CC1. The Bertz CT molecular complexity index is 867. The molecule has 0 spiro atoms. The fourth-order valence-corrected chi connectivity index (χ4v) is 3.59. The van der Waals surface area contributed by atoms with Crippen LogP contribution in [-0.2, 0) is 17.6 Å². The average molecular weight is 371 g/mol. The van der Waals surface area contributed by atoms with Crippen LogP contribution in [0.5, 0.6) is 0 Å². The fraction of sp³-hybridized carbons (Fsp3) is 0.450. The number of aliphatic hydroxyl groups excluding tert-OH is 1. The number of hydrogen-bond acceptors (Lipinski definition) is 4. The number of aryl methyl sites for hydroxylation is 1. The third-order valence-corrected chi connectivity index (χ3v) is 5.25. The van der Waals surface area contributed by atoms with Gasteiger partial charge in [0.05, 0.1) is 12.5 Å². The van der Waals surface area contributed by atoms with Gasteiger partial charge in [0.1, 0.15) is 0 Å². The Balaban J connectivity index is 1.47. The Morgan fingerprint density at radius 1 is 1.15 bits per heavy atom. The molecule has 1 unspecified atom stereocenters. The molecule has 1 amide bonds. The van der Waals surface area contributed by atoms with Crippen LogP contribution in [0.25, 0.3) is 0 Å². The number of nitrogens with zero attached hydrogens (tertiary/aromatic N) is 1. The lowest BCUT2D eigenvalue weighted by atomic mass is 9.88. The second-order valence-electron chi connectivity index (χ2n) is 7.10. The van der Waals surface area contributed by atoms with Crippen molar-refractivity contribution < 1.29 is 9.90 Å². The van der Waals surface area contributed by atoms with Gasteiger partial charge in [-0.25, -0.2) is 0 Å². The number of carbonyl (C=O) groups is 1. The highest BCUT2D eigenvalue weighted by Gasteiger charge is 2.27. The van der Waals surface area contributed by atoms with Gasteiger partial charge in [0.2, 0.25) is 5.91 Å². The molecular formula is C20H25N3O4. The van der Waals surface area contributed by atoms with Gasteiger partial charge in [-0.2, -0.15) is 0 Å². The molecule has 144 valence electrons. The Kier molecular flexibility index (Phi) is 6.24. The van der Waals surface area contributed by atoms with Crippen molar-refractivity contribution in [2.45, 2.75) is 38.2 Å². The Morgan fingerprint density at radius 3 is 2.56 bits per heavy atom. The van der Waals surface area contributed by atoms with Crippen LogP contribution in [0.4, 0.5) is 0 Å². The molecule has 1 aromatic carbocycles. The zero-order valence-corrected chi connectivity index (χ0v) is 15.2. The second kappa shape index (κ2) is 8.81. The number of rotatable bonds is 6. The minimum atomic E-state index is -0.450. The van der Waals surface area contributed by atoms with Crippen molar-refractivity contribution in [1.82, 2.24) is 15.1 Å². The molecule has 3 N–H and O–H groups in total. The maximum Gasteiger partial charge on any atom is 0.266 e. The van der Waals surface area contributed by atoms with Crippen LogP contribution in [0, 0.1) is 5.92 Å². The smallest absolute Gasteiger partial charge is 0.266 e. The highest BCUT2D eigenvalue weighted by atomic mass is 16.3. The maximum atomic E-state index is 12.4. The van der Waals surface area contributed by atoms with Crippen LogP contribution in [0.2, 0.25) is 0 Å². The lowest BCUT2D eigenvalue weighted by Gasteiger charge is -2.34. The Hall–Kier alpha value is -2.67. The van der Waals surface area contributed by atoms with Crippen LogP contribution in [0.3, 0.4) is 0 Å². The molecule has 1 aliphatic rings. The van der Waals surface area contributed by atoms with E-state index in [0.29, 0.717) is 19.5 Å². The first-order valence-electron chi connectivity index (χ1n) is 9.33. The number of likely N-dealkylation sites (tertiary alicyclic amines) is 1. The van der Waals surface area contributed by atoms with Crippen molar-refractivity contribution in [3.05, 3.63) is 68.2 Å². The van der Waals surface area contributed by atoms with E-state index in [1.165, 1.54) is 5.56 Å². The molecule has 0 aliphatic carbocycles. The molecule has 1 aromatic heterocycles. The highest BCUT2D eigenvalue weighted by molar-refractivity contribution is 5.78. The van der Waals surface area contributed by atoms with Gasteiger partial charge in [0.15, 0.2) is 0 Å². The van der Waals surface area contributed by atoms with Crippen molar-refractivity contribution in [1.29, 1.82) is 0 Å². The predicted molar refractivity (Wildman–Crippen MR) is 101 cm³/mol. The molecule has 0 saturated carbocycles. The van der Waals surface area contributed by atoms with Gasteiger partial charge in [0.25, 0.3) is 11.1 Å². The van der Waals surface area contributed by atoms with Gasteiger partial charge in [-0.1, -0.05) is 30.3 Å². The van der Waals surface area contributed by atoms with Crippen molar-refractivity contribution in [2.24, 2.45) is 5.92 Å². The molecule has 3 rings (SSSR count). The number of benzene rings is 1. The van der Waals surface area contributed by atoms with Crippen molar-refractivity contribution in [2.75, 3.05) is 13.1 Å². The van der Waals surface area contributed by atoms with Gasteiger partial charge in [-0.15, -0.1) is 0 Å². The molecule has 1 atom stereocenters. The second-order valence-corrected chi connectivity index (χ2v) is 7.10. The van der Waals surface area contributed by atoms with E-state index in [0.717, 1.165) is 25.3 Å². The molecule has 2 aromatic rings. The van der Waals surface area contributed by atoms with E-state index in [2.05, 4.69) is 22.3 Å². The largest absolute Gasteiger partial charge is 0.393 e. The monoisotopic (exact) mass is 371 g/mol. The lowest BCUT2D eigenvalue weighted by Crippen LogP contribution is -2.42. The minimum Gasteiger partial charge on any atom is -0.393 e. The van der Waals surface area contributed by atoms with Crippen LogP contribution in [0.15, 0.2) is 46.0 Å². The third kappa shape index (κ3) is 5.17. The molecule has 0 bridgehead atoms. The summed E-state index contributed by atoms with van der Waals surface area (Å²) in [7, 11) is 0. The van der Waals surface area contributed by atoms with Gasteiger partial charge < -0.3 is 10.0 Å². The first-order valence-corrected chi connectivity index (χ1v) is 9.33. The summed E-state index contributed by atoms with van der Waals surface area (Å²) in [5.74, 6) is 0.0176. The number of amides is 1. The predicted octanol–water partition coefficient (Wildman–Crippen LogP) is 0.838. The van der Waals surface area contributed by atoms with E-state index >= 15 is 0 Å². The van der Waals surface area contributed by atoms with Crippen LogP contribution in [-0.4, -0.2) is 45.3 Å². The van der Waals surface area contributed by atoms with Gasteiger partial charge in [-0.05, 0) is 37.2 Å². The summed E-state index contributed by atoms with van der Waals surface area (Å²) in [6.45, 7) is 1.12. The van der Waals surface area contributed by atoms with E-state index < -0.39 is 11.1 Å². The first-order chi connectivity index (χ1) is 13.0. The van der Waals surface area contributed by atoms with E-state index in [1.807, 2.05) is 18.2 Å². The molecule has 1 fully saturated rings. The lowest BCUT2D eigenvalue weighted by molar-refractivity contribution is -0.132. The van der Waals surface area contributed by atoms with E-state index in [9.17, 15) is 19.5 Å². The number of hydrogen-bond donors (Lipinski definition) is 3. The van der Waals surface area contributed by atoms with Crippen LogP contribution in [0.1, 0.15) is 30.4 Å². The number of aliphatic hydroxyl groups is 1. The number of piperidine rings is 1. The quantitative estimate of drug-likeness (QED) is 0.699. The molecule has 27 heavy (non-hydrogen) atoms. The fourth-order valence-electron chi connectivity index (χ4n) is 3.59. The summed E-state index contributed by atoms with van der Waals surface area (Å²) in [6.07, 6.45) is 2.58. The zero-order chi connectivity index (χ0) is 19.2. The highest BCUT2D eigenvalue weighted by Crippen LogP contribution is 2.24. The van der Waals surface area contributed by atoms with E-state index in [-0.39, 0.29) is 29.9 Å². The number of carbonyl (C=O) groups excluding carboxylic acids is 1. The summed E-state index contributed by atoms with van der Waals surface area (Å²) < 4.78 is 0. The topological polar surface area (TPSA) is 106 Å². The van der Waals surface area contributed by atoms with Crippen LogP contribution < -0.4 is 11.1 Å². The molecule has 7 nitrogen and oxygen atoms in total. The van der Waals surface area contributed by atoms with Gasteiger partial charge in [-0.3, -0.25) is 24.6 Å². The molecule has 7 heteroatoms. The zero-order valence-electron chi connectivity index (χ0n) is 15.2. The average Bonchev–Trinajstić information content (AvgIpc) is 2.70. The van der Waals surface area contributed by atoms with E-state index in [4.69, 9.17) is 0 Å². The van der Waals surface area contributed by atoms with Crippen molar-refractivity contribution >= 4 is 5.91 Å². The number of nitrogens with one attached hydrogen (secondary N) is 2. The van der Waals surface area contributed by atoms with Crippen molar-refractivity contribution in [3.63, 3.8) is 0 Å². The standard InChI is InChI=1S/C20H25N3O4/c24-17(7-6-14-4-2-1-3-5-14)15-8-10-23(11-9-15)19(26)13-16-12-18(25)21-22-20(16)27/h1-5,12,15,17,24H,6-11,13H2,(H,21,25)(H,22,27). The van der Waals surface area contributed by atoms with Crippen LogP contribution >= 0.6 is 0 Å². The molecule has 0 radical (unpaired) electrons. The summed E-state index contributed by atoms with van der Waals surface area (Å²) >= 11 is 0. The third-order valence-electron chi connectivity index (χ3n) is 5.25. The minimum absolute atomic E-state index is 0.0829. The first kappa shape index (κ1) is 19.1. The number of aromatic amines is 2. The summed E-state index contributed by atoms with van der Waals surface area (Å²) in [6, 6.07) is 11.3. The maximum absolute atomic E-state index is 12.4. The summed E-state index contributed by atoms with van der Waals surface area (Å²) in [5, 5.41) is 14.9. The van der Waals surface area contributed by atoms with E-state index in [1.54, 1.807) is 4.90 Å². The molecule has 2 heterocycles. The molecular weight excluding hydrogens is 346 g/mol. The molecule has 1 saturated heterocycles. The normalized spacial score (nSPS) is 16.3. The number of H-pyrrole nitrogens is 2. The molecule has 1 aliphatic heterocycles.